The number of aromatic nitrogens is 1. The van der Waals surface area contributed by atoms with Crippen molar-refractivity contribution in [3.8, 4) is 5.75 Å². The van der Waals surface area contributed by atoms with E-state index in [0.717, 1.165) is 27.9 Å². The number of halogens is 1. The minimum Gasteiger partial charge on any atom is -0.493 e. The minimum absolute atomic E-state index is 0.544. The minimum atomic E-state index is -0.544. The molecular formula is C14H16BrNO2S. The molecule has 1 aromatic heterocycles. The van der Waals surface area contributed by atoms with Crippen LogP contribution in [-0.2, 0) is 6.42 Å². The third kappa shape index (κ3) is 3.78. The Morgan fingerprint density at radius 3 is 2.89 bits per heavy atom. The zero-order valence-corrected chi connectivity index (χ0v) is 13.3. The van der Waals surface area contributed by atoms with Gasteiger partial charge < -0.3 is 9.84 Å². The van der Waals surface area contributed by atoms with Crippen LogP contribution < -0.4 is 4.74 Å². The highest BCUT2D eigenvalue weighted by molar-refractivity contribution is 9.10. The van der Waals surface area contributed by atoms with Crippen molar-refractivity contribution in [2.24, 2.45) is 0 Å². The molecule has 1 aromatic carbocycles. The molecule has 0 saturated carbocycles. The smallest absolute Gasteiger partial charge is 0.125 e. The second-order valence-electron chi connectivity index (χ2n) is 4.32. The van der Waals surface area contributed by atoms with E-state index in [1.54, 1.807) is 18.3 Å². The van der Waals surface area contributed by atoms with Gasteiger partial charge >= 0.3 is 0 Å². The molecule has 0 aliphatic carbocycles. The lowest BCUT2D eigenvalue weighted by Gasteiger charge is -2.13. The Balaban J connectivity index is 2.01. The van der Waals surface area contributed by atoms with Crippen molar-refractivity contribution < 1.29 is 9.84 Å². The quantitative estimate of drug-likeness (QED) is 0.896. The number of hydrogen-bond donors (Lipinski definition) is 1. The van der Waals surface area contributed by atoms with Gasteiger partial charge in [-0.3, -0.25) is 0 Å². The summed E-state index contributed by atoms with van der Waals surface area (Å²) in [6.07, 6.45) is 0.295. The summed E-state index contributed by atoms with van der Waals surface area (Å²) in [6.45, 7) is 4.33. The molecule has 1 heterocycles. The number of aliphatic hydroxyl groups excluding tert-OH is 1. The first-order valence-corrected chi connectivity index (χ1v) is 7.74. The van der Waals surface area contributed by atoms with Gasteiger partial charge in [0.15, 0.2) is 0 Å². The predicted molar refractivity (Wildman–Crippen MR) is 80.8 cm³/mol. The maximum atomic E-state index is 9.75. The van der Waals surface area contributed by atoms with E-state index >= 15 is 0 Å². The highest BCUT2D eigenvalue weighted by Crippen LogP contribution is 2.28. The number of thiazole rings is 1. The number of hydrogen-bond acceptors (Lipinski definition) is 4. The van der Waals surface area contributed by atoms with Crippen LogP contribution in [0.1, 0.15) is 29.2 Å². The van der Waals surface area contributed by atoms with Crippen LogP contribution in [-0.4, -0.2) is 16.7 Å². The van der Waals surface area contributed by atoms with E-state index in [2.05, 4.69) is 20.9 Å². The lowest BCUT2D eigenvalue weighted by molar-refractivity contribution is 0.191. The van der Waals surface area contributed by atoms with Crippen molar-refractivity contribution >= 4 is 27.3 Å². The first-order chi connectivity index (χ1) is 9.08. The Labute approximate surface area is 125 Å². The molecule has 0 amide bonds. The lowest BCUT2D eigenvalue weighted by atomic mass is 10.1. The molecule has 2 aromatic rings. The first kappa shape index (κ1) is 14.5. The number of nitrogens with zero attached hydrogens (tertiary/aromatic N) is 1. The SMILES string of the molecule is Cc1ncsc1CCOc1ccc(Br)cc1[C@H](C)O. The van der Waals surface area contributed by atoms with E-state index in [4.69, 9.17) is 4.74 Å². The summed E-state index contributed by atoms with van der Waals surface area (Å²) in [6, 6.07) is 5.68. The molecular weight excluding hydrogens is 326 g/mol. The van der Waals surface area contributed by atoms with E-state index in [9.17, 15) is 5.11 Å². The van der Waals surface area contributed by atoms with Crippen LogP contribution in [0.2, 0.25) is 0 Å². The van der Waals surface area contributed by atoms with Crippen molar-refractivity contribution in [2.45, 2.75) is 26.4 Å². The molecule has 0 radical (unpaired) electrons. The number of aliphatic hydroxyl groups is 1. The molecule has 1 atom stereocenters. The van der Waals surface area contributed by atoms with Crippen molar-refractivity contribution in [1.29, 1.82) is 0 Å². The number of rotatable bonds is 5. The fourth-order valence-electron chi connectivity index (χ4n) is 1.80. The number of aryl methyl sites for hydroxylation is 1. The monoisotopic (exact) mass is 341 g/mol. The summed E-state index contributed by atoms with van der Waals surface area (Å²) >= 11 is 5.05. The maximum absolute atomic E-state index is 9.75. The molecule has 19 heavy (non-hydrogen) atoms. The second-order valence-corrected chi connectivity index (χ2v) is 6.17. The molecule has 0 aliphatic rings. The van der Waals surface area contributed by atoms with Gasteiger partial charge in [-0.1, -0.05) is 15.9 Å². The van der Waals surface area contributed by atoms with Crippen LogP contribution in [0.25, 0.3) is 0 Å². The van der Waals surface area contributed by atoms with Crippen LogP contribution in [0, 0.1) is 6.92 Å². The molecule has 0 bridgehead atoms. The zero-order valence-electron chi connectivity index (χ0n) is 10.9. The van der Waals surface area contributed by atoms with Gasteiger partial charge in [-0.2, -0.15) is 0 Å². The summed E-state index contributed by atoms with van der Waals surface area (Å²) < 4.78 is 6.72. The van der Waals surface area contributed by atoms with Crippen molar-refractivity contribution in [3.05, 3.63) is 44.3 Å². The van der Waals surface area contributed by atoms with Gasteiger partial charge in [0.2, 0.25) is 0 Å². The van der Waals surface area contributed by atoms with Gasteiger partial charge in [0, 0.05) is 21.3 Å². The number of benzene rings is 1. The molecule has 0 aliphatic heterocycles. The summed E-state index contributed by atoms with van der Waals surface area (Å²) in [4.78, 5) is 5.46. The normalized spacial score (nSPS) is 12.4. The lowest BCUT2D eigenvalue weighted by Crippen LogP contribution is -2.04. The summed E-state index contributed by atoms with van der Waals surface area (Å²) in [5.41, 5.74) is 3.72. The van der Waals surface area contributed by atoms with Crippen LogP contribution in [0.5, 0.6) is 5.75 Å². The predicted octanol–water partition coefficient (Wildman–Crippen LogP) is 3.89. The summed E-state index contributed by atoms with van der Waals surface area (Å²) in [7, 11) is 0. The number of ether oxygens (including phenoxy) is 1. The van der Waals surface area contributed by atoms with Gasteiger partial charge in [0.1, 0.15) is 5.75 Å². The van der Waals surface area contributed by atoms with Gasteiger partial charge in [0.25, 0.3) is 0 Å². The van der Waals surface area contributed by atoms with Gasteiger partial charge in [0.05, 0.1) is 23.9 Å². The molecule has 0 unspecified atom stereocenters. The van der Waals surface area contributed by atoms with Crippen LogP contribution in [0.3, 0.4) is 0 Å². The molecule has 102 valence electrons. The molecule has 0 fully saturated rings. The second kappa shape index (κ2) is 6.50. The van der Waals surface area contributed by atoms with E-state index in [-0.39, 0.29) is 0 Å². The third-order valence-electron chi connectivity index (χ3n) is 2.85. The highest BCUT2D eigenvalue weighted by Gasteiger charge is 2.10. The van der Waals surface area contributed by atoms with E-state index in [1.165, 1.54) is 4.88 Å². The molecule has 0 saturated heterocycles. The van der Waals surface area contributed by atoms with Crippen molar-refractivity contribution in [2.75, 3.05) is 6.61 Å². The van der Waals surface area contributed by atoms with E-state index in [0.29, 0.717) is 6.61 Å². The molecule has 1 N–H and O–H groups in total. The fourth-order valence-corrected chi connectivity index (χ4v) is 2.94. The van der Waals surface area contributed by atoms with Gasteiger partial charge in [-0.05, 0) is 32.0 Å². The van der Waals surface area contributed by atoms with Gasteiger partial charge in [-0.15, -0.1) is 11.3 Å². The fraction of sp³-hybridized carbons (Fsp3) is 0.357. The van der Waals surface area contributed by atoms with Crippen LogP contribution >= 0.6 is 27.3 Å². The largest absolute Gasteiger partial charge is 0.493 e. The average molecular weight is 342 g/mol. The van der Waals surface area contributed by atoms with Crippen LogP contribution in [0.4, 0.5) is 0 Å². The molecule has 0 spiro atoms. The Hall–Kier alpha value is -0.910. The summed E-state index contributed by atoms with van der Waals surface area (Å²) in [5, 5.41) is 9.75. The summed E-state index contributed by atoms with van der Waals surface area (Å²) in [5.74, 6) is 0.736. The molecule has 5 heteroatoms. The van der Waals surface area contributed by atoms with E-state index in [1.807, 2.05) is 30.6 Å². The average Bonchev–Trinajstić information content (AvgIpc) is 2.77. The topological polar surface area (TPSA) is 42.4 Å². The Morgan fingerprint density at radius 1 is 1.47 bits per heavy atom. The Bertz CT molecular complexity index is 554. The maximum Gasteiger partial charge on any atom is 0.125 e. The van der Waals surface area contributed by atoms with Crippen molar-refractivity contribution in [1.82, 2.24) is 4.98 Å². The van der Waals surface area contributed by atoms with Crippen LogP contribution in [0.15, 0.2) is 28.2 Å². The highest BCUT2D eigenvalue weighted by atomic mass is 79.9. The van der Waals surface area contributed by atoms with Crippen molar-refractivity contribution in [3.63, 3.8) is 0 Å². The third-order valence-corrected chi connectivity index (χ3v) is 4.34. The molecule has 3 nitrogen and oxygen atoms in total. The van der Waals surface area contributed by atoms with Gasteiger partial charge in [-0.25, -0.2) is 4.98 Å². The molecule has 2 rings (SSSR count). The first-order valence-electron chi connectivity index (χ1n) is 6.07. The Morgan fingerprint density at radius 2 is 2.26 bits per heavy atom. The standard InChI is InChI=1S/C14H16BrNO2S/c1-9-14(19-8-16-9)5-6-18-13-4-3-11(15)7-12(13)10(2)17/h3-4,7-8,10,17H,5-6H2,1-2H3/t10-/m0/s1. The zero-order chi connectivity index (χ0) is 13.8. The van der Waals surface area contributed by atoms with E-state index < -0.39 is 6.10 Å². The Kier molecular flexibility index (Phi) is 4.96.